The van der Waals surface area contributed by atoms with Crippen LogP contribution in [0.1, 0.15) is 62.8 Å². The standard InChI is InChI=1S/C14H19N3/c1-2-3-11-4-6-13(7-5-11)14-16-9-12(8-15)10-17-14/h9-11,13H,2-7H2,1H3. The summed E-state index contributed by atoms with van der Waals surface area (Å²) in [6.07, 6.45) is 11.0. The Morgan fingerprint density at radius 2 is 1.88 bits per heavy atom. The topological polar surface area (TPSA) is 49.6 Å². The van der Waals surface area contributed by atoms with Gasteiger partial charge in [0.15, 0.2) is 0 Å². The average molecular weight is 229 g/mol. The summed E-state index contributed by atoms with van der Waals surface area (Å²) in [5, 5.41) is 8.70. The van der Waals surface area contributed by atoms with Crippen LogP contribution >= 0.6 is 0 Å². The van der Waals surface area contributed by atoms with Crippen LogP contribution in [0.2, 0.25) is 0 Å². The molecule has 1 aliphatic carbocycles. The zero-order chi connectivity index (χ0) is 12.1. The second-order valence-corrected chi connectivity index (χ2v) is 4.95. The van der Waals surface area contributed by atoms with Crippen molar-refractivity contribution in [3.8, 4) is 6.07 Å². The van der Waals surface area contributed by atoms with E-state index in [9.17, 15) is 0 Å². The molecule has 0 bridgehead atoms. The van der Waals surface area contributed by atoms with Crippen molar-refractivity contribution in [3.63, 3.8) is 0 Å². The minimum absolute atomic E-state index is 0.510. The van der Waals surface area contributed by atoms with Gasteiger partial charge in [0, 0.05) is 18.3 Å². The first-order chi connectivity index (χ1) is 8.33. The Hall–Kier alpha value is -1.43. The molecule has 1 aromatic heterocycles. The van der Waals surface area contributed by atoms with Gasteiger partial charge in [0.05, 0.1) is 5.56 Å². The smallest absolute Gasteiger partial charge is 0.131 e. The SMILES string of the molecule is CCCC1CCC(c2ncc(C#N)cn2)CC1. The first kappa shape index (κ1) is 12.0. The molecule has 0 aliphatic heterocycles. The van der Waals surface area contributed by atoms with E-state index in [0.29, 0.717) is 11.5 Å². The van der Waals surface area contributed by atoms with E-state index in [4.69, 9.17) is 5.26 Å². The third-order valence-electron chi connectivity index (χ3n) is 3.71. The summed E-state index contributed by atoms with van der Waals surface area (Å²) in [4.78, 5) is 8.62. The maximum Gasteiger partial charge on any atom is 0.131 e. The van der Waals surface area contributed by atoms with Gasteiger partial charge >= 0.3 is 0 Å². The molecular weight excluding hydrogens is 210 g/mol. The predicted octanol–water partition coefficient (Wildman–Crippen LogP) is 3.42. The van der Waals surface area contributed by atoms with Crippen LogP contribution in [-0.4, -0.2) is 9.97 Å². The molecule has 0 atom stereocenters. The van der Waals surface area contributed by atoms with Crippen LogP contribution in [0.5, 0.6) is 0 Å². The molecule has 1 heterocycles. The molecule has 3 heteroatoms. The molecule has 0 amide bonds. The summed E-state index contributed by atoms with van der Waals surface area (Å²) in [7, 11) is 0. The van der Waals surface area contributed by atoms with Gasteiger partial charge in [0.25, 0.3) is 0 Å². The Kier molecular flexibility index (Phi) is 4.08. The third-order valence-corrected chi connectivity index (χ3v) is 3.71. The fraction of sp³-hybridized carbons (Fsp3) is 0.643. The second-order valence-electron chi connectivity index (χ2n) is 4.95. The maximum atomic E-state index is 8.70. The van der Waals surface area contributed by atoms with Crippen molar-refractivity contribution < 1.29 is 0 Å². The summed E-state index contributed by atoms with van der Waals surface area (Å²) >= 11 is 0. The first-order valence-electron chi connectivity index (χ1n) is 6.55. The van der Waals surface area contributed by atoms with Crippen molar-refractivity contribution in [2.24, 2.45) is 5.92 Å². The Morgan fingerprint density at radius 1 is 1.24 bits per heavy atom. The quantitative estimate of drug-likeness (QED) is 0.798. The van der Waals surface area contributed by atoms with Gasteiger partial charge in [-0.05, 0) is 31.6 Å². The number of rotatable bonds is 3. The van der Waals surface area contributed by atoms with Crippen LogP contribution < -0.4 is 0 Å². The van der Waals surface area contributed by atoms with E-state index in [1.807, 2.05) is 0 Å². The fourth-order valence-electron chi connectivity index (χ4n) is 2.72. The van der Waals surface area contributed by atoms with Gasteiger partial charge in [0.1, 0.15) is 11.9 Å². The minimum Gasteiger partial charge on any atom is -0.240 e. The van der Waals surface area contributed by atoms with Crippen LogP contribution in [0.4, 0.5) is 0 Å². The lowest BCUT2D eigenvalue weighted by Gasteiger charge is -2.27. The van der Waals surface area contributed by atoms with Crippen LogP contribution in [0.15, 0.2) is 12.4 Å². The molecular formula is C14H19N3. The Balaban J connectivity index is 1.94. The van der Waals surface area contributed by atoms with Gasteiger partial charge in [-0.1, -0.05) is 19.8 Å². The minimum atomic E-state index is 0.510. The number of nitrogens with zero attached hydrogens (tertiary/aromatic N) is 3. The molecule has 0 aromatic carbocycles. The van der Waals surface area contributed by atoms with Gasteiger partial charge < -0.3 is 0 Å². The third kappa shape index (κ3) is 3.03. The lowest BCUT2D eigenvalue weighted by atomic mass is 9.80. The van der Waals surface area contributed by atoms with E-state index in [1.54, 1.807) is 12.4 Å². The average Bonchev–Trinajstić information content (AvgIpc) is 2.40. The predicted molar refractivity (Wildman–Crippen MR) is 66.4 cm³/mol. The van der Waals surface area contributed by atoms with Crippen molar-refractivity contribution in [3.05, 3.63) is 23.8 Å². The molecule has 1 fully saturated rings. The molecule has 1 aliphatic rings. The Labute approximate surface area is 103 Å². The summed E-state index contributed by atoms with van der Waals surface area (Å²) in [6.45, 7) is 2.26. The highest BCUT2D eigenvalue weighted by molar-refractivity contribution is 5.22. The van der Waals surface area contributed by atoms with Crippen LogP contribution in [0.3, 0.4) is 0 Å². The highest BCUT2D eigenvalue weighted by Crippen LogP contribution is 2.35. The van der Waals surface area contributed by atoms with Crippen molar-refractivity contribution in [2.75, 3.05) is 0 Å². The summed E-state index contributed by atoms with van der Waals surface area (Å²) in [5.74, 6) is 2.35. The molecule has 3 nitrogen and oxygen atoms in total. The first-order valence-corrected chi connectivity index (χ1v) is 6.55. The highest BCUT2D eigenvalue weighted by Gasteiger charge is 2.23. The summed E-state index contributed by atoms with van der Waals surface area (Å²) in [6, 6.07) is 2.06. The number of hydrogen-bond acceptors (Lipinski definition) is 3. The van der Waals surface area contributed by atoms with E-state index in [2.05, 4.69) is 23.0 Å². The summed E-state index contributed by atoms with van der Waals surface area (Å²) in [5.41, 5.74) is 0.549. The Morgan fingerprint density at radius 3 is 2.41 bits per heavy atom. The molecule has 0 spiro atoms. The van der Waals surface area contributed by atoms with E-state index in [-0.39, 0.29) is 0 Å². The zero-order valence-corrected chi connectivity index (χ0v) is 10.4. The van der Waals surface area contributed by atoms with E-state index < -0.39 is 0 Å². The van der Waals surface area contributed by atoms with Crippen LogP contribution in [-0.2, 0) is 0 Å². The molecule has 1 saturated carbocycles. The van der Waals surface area contributed by atoms with Crippen molar-refractivity contribution in [1.82, 2.24) is 9.97 Å². The highest BCUT2D eigenvalue weighted by atomic mass is 14.9. The maximum absolute atomic E-state index is 8.70. The van der Waals surface area contributed by atoms with Crippen molar-refractivity contribution in [1.29, 1.82) is 5.26 Å². The van der Waals surface area contributed by atoms with E-state index >= 15 is 0 Å². The molecule has 1 aromatic rings. The fourth-order valence-corrected chi connectivity index (χ4v) is 2.72. The second kappa shape index (κ2) is 5.77. The normalized spacial score (nSPS) is 24.2. The lowest BCUT2D eigenvalue weighted by molar-refractivity contribution is 0.302. The van der Waals surface area contributed by atoms with Gasteiger partial charge in [-0.25, -0.2) is 9.97 Å². The lowest BCUT2D eigenvalue weighted by Crippen LogP contribution is -2.15. The zero-order valence-electron chi connectivity index (χ0n) is 10.4. The number of aromatic nitrogens is 2. The Bertz CT molecular complexity index is 383. The van der Waals surface area contributed by atoms with Gasteiger partial charge in [-0.15, -0.1) is 0 Å². The van der Waals surface area contributed by atoms with Crippen molar-refractivity contribution >= 4 is 0 Å². The molecule has 0 unspecified atom stereocenters. The number of hydrogen-bond donors (Lipinski definition) is 0. The largest absolute Gasteiger partial charge is 0.240 e. The van der Waals surface area contributed by atoms with Gasteiger partial charge in [-0.3, -0.25) is 0 Å². The van der Waals surface area contributed by atoms with E-state index in [0.717, 1.165) is 11.7 Å². The van der Waals surface area contributed by atoms with Gasteiger partial charge in [0.2, 0.25) is 0 Å². The monoisotopic (exact) mass is 229 g/mol. The van der Waals surface area contributed by atoms with Gasteiger partial charge in [-0.2, -0.15) is 5.26 Å². The van der Waals surface area contributed by atoms with Crippen molar-refractivity contribution in [2.45, 2.75) is 51.4 Å². The molecule has 2 rings (SSSR count). The van der Waals surface area contributed by atoms with E-state index in [1.165, 1.54) is 38.5 Å². The molecule has 90 valence electrons. The molecule has 0 radical (unpaired) electrons. The van der Waals surface area contributed by atoms with Crippen LogP contribution in [0.25, 0.3) is 0 Å². The molecule has 0 saturated heterocycles. The summed E-state index contributed by atoms with van der Waals surface area (Å²) < 4.78 is 0. The molecule has 17 heavy (non-hydrogen) atoms. The van der Waals surface area contributed by atoms with Crippen LogP contribution in [0, 0.1) is 17.2 Å². The number of nitriles is 1. The molecule has 0 N–H and O–H groups in total.